The molecule has 0 bridgehead atoms. The van der Waals surface area contributed by atoms with E-state index in [0.717, 1.165) is 19.0 Å². The predicted molar refractivity (Wildman–Crippen MR) is 73.9 cm³/mol. The first-order chi connectivity index (χ1) is 7.79. The Morgan fingerprint density at radius 1 is 1.62 bits per heavy atom. The molecule has 1 unspecified atom stereocenters. The van der Waals surface area contributed by atoms with Gasteiger partial charge in [-0.3, -0.25) is 0 Å². The molecule has 0 amide bonds. The molecular formula is C12H19BrN2S. The van der Waals surface area contributed by atoms with Gasteiger partial charge in [-0.05, 0) is 59.3 Å². The van der Waals surface area contributed by atoms with Crippen molar-refractivity contribution in [2.45, 2.75) is 19.9 Å². The molecule has 2 heterocycles. The number of hydrogen-bond acceptors (Lipinski definition) is 3. The van der Waals surface area contributed by atoms with Gasteiger partial charge in [0.15, 0.2) is 0 Å². The standard InChI is InChI=1S/C12H19BrN2S/c1-2-15-5-3-10(9-15)7-14-8-12-11(13)4-6-16-12/h4,6,10,14H,2-3,5,7-9H2,1H3. The van der Waals surface area contributed by atoms with E-state index in [9.17, 15) is 0 Å². The van der Waals surface area contributed by atoms with E-state index in [1.54, 1.807) is 0 Å². The van der Waals surface area contributed by atoms with Crippen LogP contribution in [0.4, 0.5) is 0 Å². The quantitative estimate of drug-likeness (QED) is 0.900. The lowest BCUT2D eigenvalue weighted by molar-refractivity contribution is 0.339. The zero-order chi connectivity index (χ0) is 11.4. The average Bonchev–Trinajstić information content (AvgIpc) is 2.89. The molecule has 1 aromatic rings. The van der Waals surface area contributed by atoms with Crippen molar-refractivity contribution >= 4 is 27.3 Å². The van der Waals surface area contributed by atoms with E-state index in [0.29, 0.717) is 0 Å². The zero-order valence-corrected chi connectivity index (χ0v) is 12.1. The molecule has 0 spiro atoms. The highest BCUT2D eigenvalue weighted by Crippen LogP contribution is 2.22. The number of hydrogen-bond donors (Lipinski definition) is 1. The Labute approximate surface area is 110 Å². The number of rotatable bonds is 5. The fourth-order valence-electron chi connectivity index (χ4n) is 2.21. The van der Waals surface area contributed by atoms with E-state index in [1.807, 2.05) is 11.3 Å². The van der Waals surface area contributed by atoms with Gasteiger partial charge in [-0.15, -0.1) is 11.3 Å². The number of likely N-dealkylation sites (tertiary alicyclic amines) is 1. The fraction of sp³-hybridized carbons (Fsp3) is 0.667. The molecule has 16 heavy (non-hydrogen) atoms. The van der Waals surface area contributed by atoms with Gasteiger partial charge in [0, 0.05) is 22.4 Å². The SMILES string of the molecule is CCN1CCC(CNCc2sccc2Br)C1. The molecule has 1 N–H and O–H groups in total. The highest BCUT2D eigenvalue weighted by molar-refractivity contribution is 9.10. The normalized spacial score (nSPS) is 21.8. The van der Waals surface area contributed by atoms with Gasteiger partial charge >= 0.3 is 0 Å². The molecule has 90 valence electrons. The van der Waals surface area contributed by atoms with Crippen molar-refractivity contribution < 1.29 is 0 Å². The van der Waals surface area contributed by atoms with Crippen molar-refractivity contribution in [2.24, 2.45) is 5.92 Å². The Kier molecular flexibility index (Phi) is 4.82. The molecule has 1 aliphatic heterocycles. The van der Waals surface area contributed by atoms with Crippen LogP contribution in [0.15, 0.2) is 15.9 Å². The van der Waals surface area contributed by atoms with Crippen LogP contribution in [0.1, 0.15) is 18.2 Å². The summed E-state index contributed by atoms with van der Waals surface area (Å²) in [7, 11) is 0. The molecule has 0 aliphatic carbocycles. The van der Waals surface area contributed by atoms with Gasteiger partial charge in [0.05, 0.1) is 0 Å². The van der Waals surface area contributed by atoms with Crippen molar-refractivity contribution in [1.29, 1.82) is 0 Å². The van der Waals surface area contributed by atoms with Crippen molar-refractivity contribution in [2.75, 3.05) is 26.2 Å². The van der Waals surface area contributed by atoms with Crippen LogP contribution in [0, 0.1) is 5.92 Å². The Hall–Kier alpha value is 0.100. The Morgan fingerprint density at radius 2 is 2.50 bits per heavy atom. The lowest BCUT2D eigenvalue weighted by Gasteiger charge is -2.13. The second kappa shape index (κ2) is 6.15. The van der Waals surface area contributed by atoms with Crippen molar-refractivity contribution in [3.05, 3.63) is 20.8 Å². The molecule has 4 heteroatoms. The lowest BCUT2D eigenvalue weighted by atomic mass is 10.1. The van der Waals surface area contributed by atoms with Crippen LogP contribution in [0.5, 0.6) is 0 Å². The highest BCUT2D eigenvalue weighted by atomic mass is 79.9. The van der Waals surface area contributed by atoms with Crippen LogP contribution in [0.3, 0.4) is 0 Å². The van der Waals surface area contributed by atoms with E-state index >= 15 is 0 Å². The molecule has 1 aromatic heterocycles. The predicted octanol–water partition coefficient (Wildman–Crippen LogP) is 2.94. The van der Waals surface area contributed by atoms with Crippen LogP contribution in [-0.4, -0.2) is 31.1 Å². The zero-order valence-electron chi connectivity index (χ0n) is 9.71. The minimum absolute atomic E-state index is 0.846. The molecule has 0 saturated carbocycles. The van der Waals surface area contributed by atoms with E-state index < -0.39 is 0 Å². The van der Waals surface area contributed by atoms with Gasteiger partial charge in [0.2, 0.25) is 0 Å². The molecule has 1 atom stereocenters. The van der Waals surface area contributed by atoms with Crippen LogP contribution in [-0.2, 0) is 6.54 Å². The molecule has 1 saturated heterocycles. The van der Waals surface area contributed by atoms with Crippen molar-refractivity contribution in [1.82, 2.24) is 10.2 Å². The summed E-state index contributed by atoms with van der Waals surface area (Å²) < 4.78 is 1.24. The van der Waals surface area contributed by atoms with Gasteiger partial charge in [-0.25, -0.2) is 0 Å². The van der Waals surface area contributed by atoms with E-state index in [-0.39, 0.29) is 0 Å². The highest BCUT2D eigenvalue weighted by Gasteiger charge is 2.20. The smallest absolute Gasteiger partial charge is 0.0327 e. The van der Waals surface area contributed by atoms with E-state index in [2.05, 4.69) is 44.5 Å². The number of thiophene rings is 1. The van der Waals surface area contributed by atoms with Gasteiger partial charge in [0.1, 0.15) is 0 Å². The first-order valence-corrected chi connectivity index (χ1v) is 7.61. The minimum Gasteiger partial charge on any atom is -0.311 e. The van der Waals surface area contributed by atoms with Gasteiger partial charge < -0.3 is 10.2 Å². The summed E-state index contributed by atoms with van der Waals surface area (Å²) in [5, 5.41) is 5.70. The lowest BCUT2D eigenvalue weighted by Crippen LogP contribution is -2.26. The summed E-state index contributed by atoms with van der Waals surface area (Å²) in [5.41, 5.74) is 0. The summed E-state index contributed by atoms with van der Waals surface area (Å²) in [6.45, 7) is 8.16. The molecule has 0 aromatic carbocycles. The molecular weight excluding hydrogens is 284 g/mol. The van der Waals surface area contributed by atoms with Crippen LogP contribution >= 0.6 is 27.3 Å². The minimum atomic E-state index is 0.846. The van der Waals surface area contributed by atoms with Crippen molar-refractivity contribution in [3.8, 4) is 0 Å². The largest absolute Gasteiger partial charge is 0.311 e. The van der Waals surface area contributed by atoms with Gasteiger partial charge in [-0.1, -0.05) is 6.92 Å². The maximum Gasteiger partial charge on any atom is 0.0327 e. The van der Waals surface area contributed by atoms with Gasteiger partial charge in [-0.2, -0.15) is 0 Å². The number of halogens is 1. The Bertz CT molecular complexity index is 327. The van der Waals surface area contributed by atoms with Crippen LogP contribution < -0.4 is 5.32 Å². The Balaban J connectivity index is 1.67. The second-order valence-electron chi connectivity index (χ2n) is 4.37. The third kappa shape index (κ3) is 3.29. The summed E-state index contributed by atoms with van der Waals surface area (Å²) in [4.78, 5) is 3.94. The first kappa shape index (κ1) is 12.6. The van der Waals surface area contributed by atoms with Gasteiger partial charge in [0.25, 0.3) is 0 Å². The number of nitrogens with one attached hydrogen (secondary N) is 1. The average molecular weight is 303 g/mol. The Morgan fingerprint density at radius 3 is 3.12 bits per heavy atom. The maximum atomic E-state index is 3.57. The van der Waals surface area contributed by atoms with Crippen LogP contribution in [0.2, 0.25) is 0 Å². The van der Waals surface area contributed by atoms with E-state index in [1.165, 1.54) is 35.4 Å². The molecule has 1 aliphatic rings. The molecule has 2 rings (SSSR count). The summed E-state index contributed by atoms with van der Waals surface area (Å²) in [6, 6.07) is 2.12. The fourth-order valence-corrected chi connectivity index (χ4v) is 3.67. The third-order valence-corrected chi connectivity index (χ3v) is 5.15. The summed E-state index contributed by atoms with van der Waals surface area (Å²) >= 11 is 5.38. The maximum absolute atomic E-state index is 3.57. The number of nitrogens with zero attached hydrogens (tertiary/aromatic N) is 1. The van der Waals surface area contributed by atoms with Crippen molar-refractivity contribution in [3.63, 3.8) is 0 Å². The second-order valence-corrected chi connectivity index (χ2v) is 6.23. The first-order valence-electron chi connectivity index (χ1n) is 5.94. The topological polar surface area (TPSA) is 15.3 Å². The summed E-state index contributed by atoms with van der Waals surface area (Å²) in [6.07, 6.45) is 1.35. The third-order valence-electron chi connectivity index (χ3n) is 3.23. The van der Waals surface area contributed by atoms with Crippen LogP contribution in [0.25, 0.3) is 0 Å². The molecule has 1 fully saturated rings. The van der Waals surface area contributed by atoms with E-state index in [4.69, 9.17) is 0 Å². The molecule has 2 nitrogen and oxygen atoms in total. The molecule has 0 radical (unpaired) electrons. The summed E-state index contributed by atoms with van der Waals surface area (Å²) in [5.74, 6) is 0.846. The monoisotopic (exact) mass is 302 g/mol.